The smallest absolute Gasteiger partial charge is 0.161 e. The molecule has 1 N–H and O–H groups in total. The van der Waals surface area contributed by atoms with Crippen LogP contribution in [-0.4, -0.2) is 10.9 Å². The molecule has 0 aliphatic heterocycles. The molecule has 86 valence electrons. The van der Waals surface area contributed by atoms with Crippen molar-refractivity contribution < 1.29 is 9.90 Å². The molecule has 1 aromatic carbocycles. The van der Waals surface area contributed by atoms with Gasteiger partial charge in [-0.2, -0.15) is 5.26 Å². The fourth-order valence-electron chi connectivity index (χ4n) is 1.96. The normalized spacial score (nSPS) is 17.2. The summed E-state index contributed by atoms with van der Waals surface area (Å²) in [6.07, 6.45) is 3.17. The summed E-state index contributed by atoms with van der Waals surface area (Å²) in [5.41, 5.74) is 1.69. The number of nitriles is 1. The van der Waals surface area contributed by atoms with E-state index in [1.165, 1.54) is 0 Å². The first-order valence-electron chi connectivity index (χ1n) is 5.64. The molecular weight excluding hydrogens is 214 g/mol. The summed E-state index contributed by atoms with van der Waals surface area (Å²) in [4.78, 5) is 11.7. The maximum absolute atomic E-state index is 11.7. The Kier molecular flexibility index (Phi) is 3.36. The van der Waals surface area contributed by atoms with E-state index in [0.29, 0.717) is 23.1 Å². The van der Waals surface area contributed by atoms with Crippen LogP contribution in [-0.2, 0) is 4.79 Å². The Balaban J connectivity index is 2.24. The average Bonchev–Trinajstić information content (AvgIpc) is 2.39. The molecule has 17 heavy (non-hydrogen) atoms. The monoisotopic (exact) mass is 227 g/mol. The van der Waals surface area contributed by atoms with E-state index in [1.807, 2.05) is 12.1 Å². The third kappa shape index (κ3) is 2.43. The fraction of sp³-hybridized carbons (Fsp3) is 0.286. The Morgan fingerprint density at radius 1 is 1.29 bits per heavy atom. The molecule has 0 fully saturated rings. The van der Waals surface area contributed by atoms with Gasteiger partial charge in [0.15, 0.2) is 5.78 Å². The topological polar surface area (TPSA) is 61.1 Å². The lowest BCUT2D eigenvalue weighted by Gasteiger charge is -2.17. The summed E-state index contributed by atoms with van der Waals surface area (Å²) >= 11 is 0. The number of carbonyl (C=O) groups is 1. The molecule has 0 saturated carbocycles. The van der Waals surface area contributed by atoms with Gasteiger partial charge in [0.1, 0.15) is 6.10 Å². The second-order valence-corrected chi connectivity index (χ2v) is 4.11. The first-order valence-corrected chi connectivity index (χ1v) is 5.64. The molecule has 2 rings (SSSR count). The quantitative estimate of drug-likeness (QED) is 0.843. The van der Waals surface area contributed by atoms with Gasteiger partial charge in [-0.3, -0.25) is 4.79 Å². The highest BCUT2D eigenvalue weighted by Crippen LogP contribution is 2.27. The van der Waals surface area contributed by atoms with Gasteiger partial charge in [-0.25, -0.2) is 0 Å². The zero-order valence-corrected chi connectivity index (χ0v) is 9.39. The standard InChI is InChI=1S/C14H13NO2/c15-9-10-5-7-11(8-6-10)14(17)12-3-1-2-4-13(12)16/h3,5-8,14,17H,1-2,4H2. The van der Waals surface area contributed by atoms with E-state index in [2.05, 4.69) is 0 Å². The van der Waals surface area contributed by atoms with Crippen LogP contribution in [0.5, 0.6) is 0 Å². The van der Waals surface area contributed by atoms with E-state index in [4.69, 9.17) is 5.26 Å². The number of aliphatic hydroxyl groups is 1. The molecular formula is C14H13NO2. The first-order chi connectivity index (χ1) is 8.22. The molecule has 1 aliphatic rings. The predicted octanol–water partition coefficient (Wildman–Crippen LogP) is 2.27. The number of hydrogen-bond acceptors (Lipinski definition) is 3. The van der Waals surface area contributed by atoms with Gasteiger partial charge in [0, 0.05) is 12.0 Å². The summed E-state index contributed by atoms with van der Waals surface area (Å²) in [6, 6.07) is 8.68. The fourth-order valence-corrected chi connectivity index (χ4v) is 1.96. The van der Waals surface area contributed by atoms with E-state index in [0.717, 1.165) is 12.8 Å². The molecule has 1 aromatic rings. The number of Topliss-reactive ketones (excluding diaryl/α,β-unsaturated/α-hetero) is 1. The van der Waals surface area contributed by atoms with Gasteiger partial charge < -0.3 is 5.11 Å². The lowest BCUT2D eigenvalue weighted by Crippen LogP contribution is -2.14. The van der Waals surface area contributed by atoms with Crippen LogP contribution < -0.4 is 0 Å². The highest BCUT2D eigenvalue weighted by molar-refractivity contribution is 5.97. The molecule has 0 saturated heterocycles. The van der Waals surface area contributed by atoms with Crippen molar-refractivity contribution in [3.05, 3.63) is 47.0 Å². The third-order valence-electron chi connectivity index (χ3n) is 2.94. The van der Waals surface area contributed by atoms with Gasteiger partial charge in [0.2, 0.25) is 0 Å². The highest BCUT2D eigenvalue weighted by Gasteiger charge is 2.22. The average molecular weight is 227 g/mol. The van der Waals surface area contributed by atoms with Gasteiger partial charge in [-0.1, -0.05) is 18.2 Å². The molecule has 1 unspecified atom stereocenters. The van der Waals surface area contributed by atoms with Crippen LogP contribution in [0.1, 0.15) is 36.5 Å². The lowest BCUT2D eigenvalue weighted by atomic mass is 9.90. The molecule has 0 radical (unpaired) electrons. The minimum atomic E-state index is -0.865. The predicted molar refractivity (Wildman–Crippen MR) is 63.1 cm³/mol. The number of carbonyl (C=O) groups excluding carboxylic acids is 1. The summed E-state index contributed by atoms with van der Waals surface area (Å²) in [6.45, 7) is 0. The summed E-state index contributed by atoms with van der Waals surface area (Å²) in [7, 11) is 0. The maximum Gasteiger partial charge on any atom is 0.161 e. The summed E-state index contributed by atoms with van der Waals surface area (Å²) in [5, 5.41) is 18.8. The van der Waals surface area contributed by atoms with Crippen molar-refractivity contribution >= 4 is 5.78 Å². The molecule has 0 spiro atoms. The minimum absolute atomic E-state index is 0.0214. The Bertz CT molecular complexity index is 494. The highest BCUT2D eigenvalue weighted by atomic mass is 16.3. The van der Waals surface area contributed by atoms with Crippen LogP contribution in [0.25, 0.3) is 0 Å². The minimum Gasteiger partial charge on any atom is -0.384 e. The number of aliphatic hydroxyl groups excluding tert-OH is 1. The lowest BCUT2D eigenvalue weighted by molar-refractivity contribution is -0.117. The Hall–Kier alpha value is -1.92. The molecule has 0 bridgehead atoms. The van der Waals surface area contributed by atoms with Crippen molar-refractivity contribution in [3.8, 4) is 6.07 Å². The van der Waals surface area contributed by atoms with Gasteiger partial charge in [0.05, 0.1) is 11.6 Å². The van der Waals surface area contributed by atoms with Gasteiger partial charge in [-0.15, -0.1) is 0 Å². The number of hydrogen-bond donors (Lipinski definition) is 1. The van der Waals surface area contributed by atoms with Crippen molar-refractivity contribution in [3.63, 3.8) is 0 Å². The molecule has 0 amide bonds. The Morgan fingerprint density at radius 2 is 2.00 bits per heavy atom. The van der Waals surface area contributed by atoms with Crippen LogP contribution in [0.3, 0.4) is 0 Å². The second kappa shape index (κ2) is 4.94. The Labute approximate surface area is 100 Å². The van der Waals surface area contributed by atoms with E-state index in [1.54, 1.807) is 24.3 Å². The van der Waals surface area contributed by atoms with Gasteiger partial charge in [0.25, 0.3) is 0 Å². The Morgan fingerprint density at radius 3 is 2.59 bits per heavy atom. The van der Waals surface area contributed by atoms with Crippen LogP contribution in [0.2, 0.25) is 0 Å². The molecule has 1 aliphatic carbocycles. The summed E-state index contributed by atoms with van der Waals surface area (Å²) in [5.74, 6) is 0.0214. The van der Waals surface area contributed by atoms with E-state index in [-0.39, 0.29) is 5.78 Å². The molecule has 0 aromatic heterocycles. The van der Waals surface area contributed by atoms with Crippen molar-refractivity contribution in [1.29, 1.82) is 5.26 Å². The molecule has 3 nitrogen and oxygen atoms in total. The largest absolute Gasteiger partial charge is 0.384 e. The zero-order chi connectivity index (χ0) is 12.3. The van der Waals surface area contributed by atoms with Crippen molar-refractivity contribution in [2.45, 2.75) is 25.4 Å². The van der Waals surface area contributed by atoms with Crippen LogP contribution in [0, 0.1) is 11.3 Å². The van der Waals surface area contributed by atoms with Crippen molar-refractivity contribution in [2.75, 3.05) is 0 Å². The van der Waals surface area contributed by atoms with E-state index in [9.17, 15) is 9.90 Å². The second-order valence-electron chi connectivity index (χ2n) is 4.11. The van der Waals surface area contributed by atoms with Crippen LogP contribution >= 0.6 is 0 Å². The van der Waals surface area contributed by atoms with Gasteiger partial charge in [-0.05, 0) is 30.5 Å². The molecule has 0 heterocycles. The third-order valence-corrected chi connectivity index (χ3v) is 2.94. The maximum atomic E-state index is 11.7. The van der Waals surface area contributed by atoms with Gasteiger partial charge >= 0.3 is 0 Å². The number of rotatable bonds is 2. The van der Waals surface area contributed by atoms with E-state index >= 15 is 0 Å². The van der Waals surface area contributed by atoms with Crippen molar-refractivity contribution in [2.24, 2.45) is 0 Å². The number of ketones is 1. The molecule has 1 atom stereocenters. The zero-order valence-electron chi connectivity index (χ0n) is 9.39. The van der Waals surface area contributed by atoms with Crippen molar-refractivity contribution in [1.82, 2.24) is 0 Å². The van der Waals surface area contributed by atoms with Crippen LogP contribution in [0.4, 0.5) is 0 Å². The van der Waals surface area contributed by atoms with Crippen LogP contribution in [0.15, 0.2) is 35.9 Å². The summed E-state index contributed by atoms with van der Waals surface area (Å²) < 4.78 is 0. The van der Waals surface area contributed by atoms with E-state index < -0.39 is 6.10 Å². The first kappa shape index (κ1) is 11.6. The SMILES string of the molecule is N#Cc1ccc(C(O)C2=CCCCC2=O)cc1. The molecule has 3 heteroatoms. The number of nitrogens with zero attached hydrogens (tertiary/aromatic N) is 1. The number of allylic oxidation sites excluding steroid dienone is 1. The number of benzene rings is 1.